The average Bonchev–Trinajstić information content (AvgIpc) is 2.52. The SMILES string of the molecule is CN=C(NCC1CN(C)CCN1C)N1CCOC(COC)C1.I. The third kappa shape index (κ3) is 6.33. The summed E-state index contributed by atoms with van der Waals surface area (Å²) >= 11 is 0. The van der Waals surface area contributed by atoms with Gasteiger partial charge >= 0.3 is 0 Å². The maximum Gasteiger partial charge on any atom is 0.193 e. The lowest BCUT2D eigenvalue weighted by Gasteiger charge is -2.39. The van der Waals surface area contributed by atoms with Crippen molar-refractivity contribution >= 4 is 29.9 Å². The van der Waals surface area contributed by atoms with Gasteiger partial charge in [0, 0.05) is 59.5 Å². The molecule has 1 N–H and O–H groups in total. The Labute approximate surface area is 157 Å². The molecule has 0 aromatic carbocycles. The van der Waals surface area contributed by atoms with Crippen LogP contribution in [0.1, 0.15) is 0 Å². The first-order valence-corrected chi connectivity index (χ1v) is 8.09. The average molecular weight is 441 g/mol. The lowest BCUT2D eigenvalue weighted by Crippen LogP contribution is -2.57. The van der Waals surface area contributed by atoms with E-state index >= 15 is 0 Å². The van der Waals surface area contributed by atoms with Gasteiger partial charge in [-0.15, -0.1) is 24.0 Å². The molecule has 2 heterocycles. The number of ether oxygens (including phenoxy) is 2. The fourth-order valence-corrected chi connectivity index (χ4v) is 3.06. The van der Waals surface area contributed by atoms with Gasteiger partial charge in [0.2, 0.25) is 0 Å². The van der Waals surface area contributed by atoms with Crippen LogP contribution in [0.2, 0.25) is 0 Å². The van der Waals surface area contributed by atoms with Gasteiger partial charge in [-0.05, 0) is 14.1 Å². The lowest BCUT2D eigenvalue weighted by atomic mass is 10.2. The monoisotopic (exact) mass is 441 g/mol. The van der Waals surface area contributed by atoms with Gasteiger partial charge in [-0.25, -0.2) is 0 Å². The number of nitrogens with one attached hydrogen (secondary N) is 1. The van der Waals surface area contributed by atoms with Crippen molar-refractivity contribution in [2.45, 2.75) is 12.1 Å². The first-order chi connectivity index (χ1) is 10.6. The molecule has 2 aliphatic heterocycles. The number of likely N-dealkylation sites (N-methyl/N-ethyl adjacent to an activating group) is 2. The summed E-state index contributed by atoms with van der Waals surface area (Å²) in [6.07, 6.45) is 0.126. The summed E-state index contributed by atoms with van der Waals surface area (Å²) in [7, 11) is 7.95. The molecule has 0 aromatic rings. The molecule has 2 saturated heterocycles. The molecule has 23 heavy (non-hydrogen) atoms. The molecule has 0 radical (unpaired) electrons. The van der Waals surface area contributed by atoms with Crippen LogP contribution in [0.5, 0.6) is 0 Å². The molecule has 2 aliphatic rings. The molecular weight excluding hydrogens is 409 g/mol. The van der Waals surface area contributed by atoms with Crippen molar-refractivity contribution in [2.75, 3.05) is 80.7 Å². The molecule has 2 atom stereocenters. The van der Waals surface area contributed by atoms with E-state index in [2.05, 4.69) is 39.1 Å². The number of hydrogen-bond acceptors (Lipinski definition) is 5. The number of piperazine rings is 1. The second-order valence-electron chi connectivity index (χ2n) is 6.22. The Balaban J connectivity index is 0.00000264. The van der Waals surface area contributed by atoms with Crippen molar-refractivity contribution < 1.29 is 9.47 Å². The van der Waals surface area contributed by atoms with Gasteiger partial charge in [-0.1, -0.05) is 0 Å². The van der Waals surface area contributed by atoms with E-state index in [1.165, 1.54) is 0 Å². The number of methoxy groups -OCH3 is 1. The molecule has 0 bridgehead atoms. The van der Waals surface area contributed by atoms with E-state index in [1.807, 2.05) is 7.05 Å². The van der Waals surface area contributed by atoms with Crippen LogP contribution in [0.15, 0.2) is 4.99 Å². The summed E-state index contributed by atoms with van der Waals surface area (Å²) < 4.78 is 10.9. The molecule has 0 saturated carbocycles. The smallest absolute Gasteiger partial charge is 0.193 e. The minimum atomic E-state index is 0. The first-order valence-electron chi connectivity index (χ1n) is 8.09. The van der Waals surface area contributed by atoms with Crippen molar-refractivity contribution in [1.29, 1.82) is 0 Å². The van der Waals surface area contributed by atoms with Crippen molar-refractivity contribution in [2.24, 2.45) is 4.99 Å². The number of rotatable bonds is 4. The maximum atomic E-state index is 5.70. The van der Waals surface area contributed by atoms with E-state index in [9.17, 15) is 0 Å². The molecule has 0 aliphatic carbocycles. The highest BCUT2D eigenvalue weighted by Gasteiger charge is 2.25. The third-order valence-corrected chi connectivity index (χ3v) is 4.48. The summed E-state index contributed by atoms with van der Waals surface area (Å²) in [5, 5.41) is 3.53. The van der Waals surface area contributed by atoms with Gasteiger partial charge in [0.05, 0.1) is 19.3 Å². The molecule has 8 heteroatoms. The van der Waals surface area contributed by atoms with E-state index in [4.69, 9.17) is 9.47 Å². The molecule has 0 aromatic heterocycles. The van der Waals surface area contributed by atoms with Gasteiger partial charge in [-0.3, -0.25) is 9.89 Å². The minimum absolute atomic E-state index is 0. The Morgan fingerprint density at radius 3 is 2.74 bits per heavy atom. The fourth-order valence-electron chi connectivity index (χ4n) is 3.06. The fraction of sp³-hybridized carbons (Fsp3) is 0.933. The van der Waals surface area contributed by atoms with Crippen LogP contribution in [0.25, 0.3) is 0 Å². The van der Waals surface area contributed by atoms with Crippen LogP contribution >= 0.6 is 24.0 Å². The normalized spacial score (nSPS) is 27.7. The van der Waals surface area contributed by atoms with E-state index in [1.54, 1.807) is 7.11 Å². The summed E-state index contributed by atoms with van der Waals surface area (Å²) in [5.41, 5.74) is 0. The third-order valence-electron chi connectivity index (χ3n) is 4.48. The maximum absolute atomic E-state index is 5.70. The quantitative estimate of drug-likeness (QED) is 0.370. The van der Waals surface area contributed by atoms with Gasteiger partial charge in [0.25, 0.3) is 0 Å². The topological polar surface area (TPSA) is 52.6 Å². The molecule has 0 amide bonds. The van der Waals surface area contributed by atoms with Gasteiger partial charge < -0.3 is 24.6 Å². The zero-order valence-electron chi connectivity index (χ0n) is 14.8. The van der Waals surface area contributed by atoms with Gasteiger partial charge in [0.1, 0.15) is 0 Å². The minimum Gasteiger partial charge on any atom is -0.382 e. The molecule has 2 unspecified atom stereocenters. The first kappa shape index (κ1) is 20.9. The zero-order chi connectivity index (χ0) is 15.9. The molecule has 7 nitrogen and oxygen atoms in total. The summed E-state index contributed by atoms with van der Waals surface area (Å²) in [6, 6.07) is 0.520. The van der Waals surface area contributed by atoms with E-state index in [-0.39, 0.29) is 30.1 Å². The largest absolute Gasteiger partial charge is 0.382 e. The number of halogens is 1. The predicted molar refractivity (Wildman–Crippen MR) is 104 cm³/mol. The van der Waals surface area contributed by atoms with Gasteiger partial charge in [0.15, 0.2) is 5.96 Å². The van der Waals surface area contributed by atoms with Crippen molar-refractivity contribution in [3.63, 3.8) is 0 Å². The number of guanidine groups is 1. The van der Waals surface area contributed by atoms with E-state index in [0.717, 1.165) is 51.8 Å². The number of aliphatic imine (C=N–C) groups is 1. The Bertz CT molecular complexity index is 370. The standard InChI is InChI=1S/C15H31N5O2.HI/c1-16-15(20-7-8-22-14(11-20)12-21-4)17-9-13-10-18(2)5-6-19(13)3;/h13-14H,5-12H2,1-4H3,(H,16,17);1H. The second-order valence-corrected chi connectivity index (χ2v) is 6.22. The highest BCUT2D eigenvalue weighted by atomic mass is 127. The van der Waals surface area contributed by atoms with E-state index < -0.39 is 0 Å². The van der Waals surface area contributed by atoms with Crippen molar-refractivity contribution in [3.05, 3.63) is 0 Å². The van der Waals surface area contributed by atoms with Crippen LogP contribution in [-0.4, -0.2) is 114 Å². The molecule has 2 rings (SSSR count). The van der Waals surface area contributed by atoms with Gasteiger partial charge in [-0.2, -0.15) is 0 Å². The van der Waals surface area contributed by atoms with Crippen LogP contribution < -0.4 is 5.32 Å². The Hall–Kier alpha value is -0.160. The lowest BCUT2D eigenvalue weighted by molar-refractivity contribution is -0.0448. The highest BCUT2D eigenvalue weighted by Crippen LogP contribution is 2.08. The van der Waals surface area contributed by atoms with E-state index in [0.29, 0.717) is 12.6 Å². The number of hydrogen-bond donors (Lipinski definition) is 1. The Morgan fingerprint density at radius 1 is 1.26 bits per heavy atom. The number of morpholine rings is 1. The van der Waals surface area contributed by atoms with Crippen molar-refractivity contribution in [1.82, 2.24) is 20.0 Å². The summed E-state index contributed by atoms with van der Waals surface area (Å²) in [5.74, 6) is 0.964. The van der Waals surface area contributed by atoms with Crippen LogP contribution in [0.3, 0.4) is 0 Å². The predicted octanol–water partition coefficient (Wildman–Crippen LogP) is -0.227. The molecule has 2 fully saturated rings. The Kier molecular flexibility index (Phi) is 9.67. The van der Waals surface area contributed by atoms with Crippen molar-refractivity contribution in [3.8, 4) is 0 Å². The molecular formula is C15H32IN5O2. The zero-order valence-corrected chi connectivity index (χ0v) is 17.2. The molecule has 0 spiro atoms. The molecule has 136 valence electrons. The summed E-state index contributed by atoms with van der Waals surface area (Å²) in [4.78, 5) is 11.5. The van der Waals surface area contributed by atoms with Crippen LogP contribution in [0.4, 0.5) is 0 Å². The van der Waals surface area contributed by atoms with Crippen LogP contribution in [-0.2, 0) is 9.47 Å². The second kappa shape index (κ2) is 10.7. The number of nitrogens with zero attached hydrogens (tertiary/aromatic N) is 4. The van der Waals surface area contributed by atoms with Crippen LogP contribution in [0, 0.1) is 0 Å². The summed E-state index contributed by atoms with van der Waals surface area (Å²) in [6.45, 7) is 7.33. The highest BCUT2D eigenvalue weighted by molar-refractivity contribution is 14.0. The Morgan fingerprint density at radius 2 is 2.04 bits per heavy atom.